The third-order valence-corrected chi connectivity index (χ3v) is 3.40. The molecule has 0 amide bonds. The lowest BCUT2D eigenvalue weighted by Gasteiger charge is -2.02. The third-order valence-electron chi connectivity index (χ3n) is 1.71. The summed E-state index contributed by atoms with van der Waals surface area (Å²) in [6.45, 7) is 2.28. The molecule has 0 aromatic heterocycles. The summed E-state index contributed by atoms with van der Waals surface area (Å²) in [5.74, 6) is 1.16. The van der Waals surface area contributed by atoms with E-state index in [1.54, 1.807) is 11.8 Å². The quantitative estimate of drug-likeness (QED) is 0.611. The number of hydrogen-bond acceptors (Lipinski definition) is 3. The van der Waals surface area contributed by atoms with Crippen molar-refractivity contribution in [3.8, 4) is 0 Å². The molecule has 0 saturated carbocycles. The van der Waals surface area contributed by atoms with E-state index >= 15 is 0 Å². The van der Waals surface area contributed by atoms with E-state index in [9.17, 15) is 4.79 Å². The average Bonchev–Trinajstić information content (AvgIpc) is 2.21. The highest BCUT2D eigenvalue weighted by Crippen LogP contribution is 2.14. The Morgan fingerprint density at radius 3 is 2.67 bits per heavy atom. The first-order chi connectivity index (χ1) is 7.22. The van der Waals surface area contributed by atoms with Gasteiger partial charge in [0.25, 0.3) is 0 Å². The van der Waals surface area contributed by atoms with Crippen molar-refractivity contribution >= 4 is 40.3 Å². The van der Waals surface area contributed by atoms with Crippen LogP contribution in [0.1, 0.15) is 12.5 Å². The van der Waals surface area contributed by atoms with Crippen LogP contribution in [-0.2, 0) is 15.3 Å². The fraction of sp³-hybridized carbons (Fsp3) is 0.364. The minimum atomic E-state index is -0.131. The number of ether oxygens (including phenoxy) is 1. The van der Waals surface area contributed by atoms with Crippen LogP contribution in [0.2, 0.25) is 0 Å². The fourth-order valence-electron chi connectivity index (χ4n) is 1.04. The standard InChI is InChI=1S/C11H13IO2S/c1-2-14-11(13)8-15-7-9-3-5-10(12)6-4-9/h3-6H,2,7-8H2,1H3. The van der Waals surface area contributed by atoms with E-state index in [1.807, 2.05) is 6.92 Å². The van der Waals surface area contributed by atoms with Gasteiger partial charge in [0.05, 0.1) is 12.4 Å². The zero-order valence-corrected chi connectivity index (χ0v) is 11.5. The Morgan fingerprint density at radius 2 is 2.07 bits per heavy atom. The molecule has 0 bridgehead atoms. The molecule has 0 radical (unpaired) electrons. The van der Waals surface area contributed by atoms with Gasteiger partial charge in [0.15, 0.2) is 0 Å². The fourth-order valence-corrected chi connectivity index (χ4v) is 2.18. The molecule has 0 aliphatic rings. The van der Waals surface area contributed by atoms with E-state index in [-0.39, 0.29) is 5.97 Å². The summed E-state index contributed by atoms with van der Waals surface area (Å²) in [6, 6.07) is 8.31. The summed E-state index contributed by atoms with van der Waals surface area (Å²) in [5, 5.41) is 0. The number of esters is 1. The van der Waals surface area contributed by atoms with E-state index < -0.39 is 0 Å². The molecule has 0 heterocycles. The van der Waals surface area contributed by atoms with Gasteiger partial charge in [-0.2, -0.15) is 0 Å². The Balaban J connectivity index is 2.26. The topological polar surface area (TPSA) is 26.3 Å². The minimum absolute atomic E-state index is 0.131. The first-order valence-corrected chi connectivity index (χ1v) is 6.93. The van der Waals surface area contributed by atoms with Crippen LogP contribution in [0.25, 0.3) is 0 Å². The van der Waals surface area contributed by atoms with Crippen LogP contribution in [0, 0.1) is 3.57 Å². The van der Waals surface area contributed by atoms with Crippen molar-refractivity contribution in [2.75, 3.05) is 12.4 Å². The summed E-state index contributed by atoms with van der Waals surface area (Å²) >= 11 is 3.86. The van der Waals surface area contributed by atoms with Crippen LogP contribution in [-0.4, -0.2) is 18.3 Å². The zero-order chi connectivity index (χ0) is 11.1. The van der Waals surface area contributed by atoms with Crippen LogP contribution < -0.4 is 0 Å². The molecule has 15 heavy (non-hydrogen) atoms. The summed E-state index contributed by atoms with van der Waals surface area (Å²) in [5.41, 5.74) is 1.24. The SMILES string of the molecule is CCOC(=O)CSCc1ccc(I)cc1. The summed E-state index contributed by atoms with van der Waals surface area (Å²) in [4.78, 5) is 11.0. The molecule has 82 valence electrons. The third kappa shape index (κ3) is 5.41. The van der Waals surface area contributed by atoms with Crippen LogP contribution in [0.15, 0.2) is 24.3 Å². The predicted octanol–water partition coefficient (Wildman–Crippen LogP) is 3.09. The van der Waals surface area contributed by atoms with Crippen molar-refractivity contribution < 1.29 is 9.53 Å². The van der Waals surface area contributed by atoms with E-state index in [2.05, 4.69) is 46.9 Å². The van der Waals surface area contributed by atoms with Gasteiger partial charge < -0.3 is 4.74 Å². The number of carbonyl (C=O) groups excluding carboxylic acids is 1. The average molecular weight is 336 g/mol. The Bertz CT molecular complexity index is 311. The summed E-state index contributed by atoms with van der Waals surface area (Å²) < 4.78 is 6.07. The molecule has 0 spiro atoms. The van der Waals surface area contributed by atoms with Crippen LogP contribution in [0.4, 0.5) is 0 Å². The molecule has 0 N–H and O–H groups in total. The molecule has 1 aromatic rings. The highest BCUT2D eigenvalue weighted by atomic mass is 127. The van der Waals surface area contributed by atoms with Crippen molar-refractivity contribution in [1.82, 2.24) is 0 Å². The first-order valence-electron chi connectivity index (χ1n) is 4.70. The zero-order valence-electron chi connectivity index (χ0n) is 8.53. The maximum absolute atomic E-state index is 11.0. The van der Waals surface area contributed by atoms with Crippen LogP contribution in [0.3, 0.4) is 0 Å². The normalized spacial score (nSPS) is 10.0. The molecule has 4 heteroatoms. The Morgan fingerprint density at radius 1 is 1.40 bits per heavy atom. The second-order valence-electron chi connectivity index (χ2n) is 2.92. The van der Waals surface area contributed by atoms with Gasteiger partial charge in [-0.15, -0.1) is 11.8 Å². The molecule has 0 fully saturated rings. The summed E-state index contributed by atoms with van der Waals surface area (Å²) in [6.07, 6.45) is 0. The van der Waals surface area contributed by atoms with Crippen LogP contribution in [0.5, 0.6) is 0 Å². The van der Waals surface area contributed by atoms with Crippen molar-refractivity contribution in [2.45, 2.75) is 12.7 Å². The number of hydrogen-bond donors (Lipinski definition) is 0. The number of rotatable bonds is 5. The molecule has 0 aliphatic carbocycles. The Hall–Kier alpha value is -0.230. The Labute approximate surface area is 108 Å². The van der Waals surface area contributed by atoms with Gasteiger partial charge >= 0.3 is 5.97 Å². The van der Waals surface area contributed by atoms with Gasteiger partial charge in [-0.3, -0.25) is 4.79 Å². The number of thioether (sulfide) groups is 1. The lowest BCUT2D eigenvalue weighted by Crippen LogP contribution is -2.06. The monoisotopic (exact) mass is 336 g/mol. The maximum Gasteiger partial charge on any atom is 0.315 e. The molecule has 1 rings (SSSR count). The van der Waals surface area contributed by atoms with Crippen LogP contribution >= 0.6 is 34.4 Å². The van der Waals surface area contributed by atoms with Crippen molar-refractivity contribution in [2.24, 2.45) is 0 Å². The van der Waals surface area contributed by atoms with Gasteiger partial charge in [-0.1, -0.05) is 12.1 Å². The number of benzene rings is 1. The van der Waals surface area contributed by atoms with Gasteiger partial charge in [-0.05, 0) is 47.2 Å². The highest BCUT2D eigenvalue weighted by Gasteiger charge is 2.01. The van der Waals surface area contributed by atoms with E-state index in [4.69, 9.17) is 4.74 Å². The van der Waals surface area contributed by atoms with E-state index in [1.165, 1.54) is 9.13 Å². The first kappa shape index (κ1) is 12.8. The second-order valence-corrected chi connectivity index (χ2v) is 5.16. The van der Waals surface area contributed by atoms with Crippen molar-refractivity contribution in [1.29, 1.82) is 0 Å². The molecule has 0 unspecified atom stereocenters. The lowest BCUT2D eigenvalue weighted by atomic mass is 10.2. The van der Waals surface area contributed by atoms with E-state index in [0.717, 1.165) is 5.75 Å². The molecule has 0 aliphatic heterocycles. The number of halogens is 1. The van der Waals surface area contributed by atoms with Crippen molar-refractivity contribution in [3.05, 3.63) is 33.4 Å². The van der Waals surface area contributed by atoms with Gasteiger partial charge in [0, 0.05) is 9.32 Å². The minimum Gasteiger partial charge on any atom is -0.465 e. The maximum atomic E-state index is 11.0. The largest absolute Gasteiger partial charge is 0.465 e. The van der Waals surface area contributed by atoms with E-state index in [0.29, 0.717) is 12.4 Å². The molecular weight excluding hydrogens is 323 g/mol. The second kappa shape index (κ2) is 7.11. The predicted molar refractivity (Wildman–Crippen MR) is 72.0 cm³/mol. The molecule has 0 saturated heterocycles. The smallest absolute Gasteiger partial charge is 0.315 e. The molecular formula is C11H13IO2S. The van der Waals surface area contributed by atoms with Crippen molar-refractivity contribution in [3.63, 3.8) is 0 Å². The molecule has 2 nitrogen and oxygen atoms in total. The lowest BCUT2D eigenvalue weighted by molar-refractivity contribution is -0.139. The van der Waals surface area contributed by atoms with Gasteiger partial charge in [-0.25, -0.2) is 0 Å². The summed E-state index contributed by atoms with van der Waals surface area (Å²) in [7, 11) is 0. The van der Waals surface area contributed by atoms with Gasteiger partial charge in [0.1, 0.15) is 0 Å². The highest BCUT2D eigenvalue weighted by molar-refractivity contribution is 14.1. The molecule has 0 atom stereocenters. The molecule has 1 aromatic carbocycles. The Kier molecular flexibility index (Phi) is 6.09. The van der Waals surface area contributed by atoms with Gasteiger partial charge in [0.2, 0.25) is 0 Å². The number of carbonyl (C=O) groups is 1.